The quantitative estimate of drug-likeness (QED) is 0.417. The normalized spacial score (nSPS) is 10.6. The van der Waals surface area contributed by atoms with Gasteiger partial charge in [-0.2, -0.15) is 5.10 Å². The standard InChI is InChI=1S/C18H19N3O6/c1-3-26-16-8-5-12(9-17(16)27-4-2)11-19-20-18(23)14-10-13(21(24)25)6-7-15(14)22/h5-11,22H,3-4H2,1-2H3,(H,20,23)/b19-11+. The van der Waals surface area contributed by atoms with Gasteiger partial charge in [0.15, 0.2) is 11.5 Å². The Balaban J connectivity index is 2.13. The molecule has 9 nitrogen and oxygen atoms in total. The molecule has 1 amide bonds. The highest BCUT2D eigenvalue weighted by molar-refractivity contribution is 5.98. The molecule has 27 heavy (non-hydrogen) atoms. The number of hydrogen-bond acceptors (Lipinski definition) is 7. The van der Waals surface area contributed by atoms with Crippen molar-refractivity contribution in [2.45, 2.75) is 13.8 Å². The first kappa shape index (κ1) is 19.7. The van der Waals surface area contributed by atoms with Crippen LogP contribution < -0.4 is 14.9 Å². The van der Waals surface area contributed by atoms with Crippen molar-refractivity contribution in [3.05, 3.63) is 57.6 Å². The fraction of sp³-hybridized carbons (Fsp3) is 0.222. The van der Waals surface area contributed by atoms with Gasteiger partial charge >= 0.3 is 0 Å². The molecule has 2 rings (SSSR count). The van der Waals surface area contributed by atoms with Crippen LogP contribution in [0, 0.1) is 10.1 Å². The van der Waals surface area contributed by atoms with E-state index in [2.05, 4.69) is 10.5 Å². The molecule has 0 aliphatic heterocycles. The number of hydrogen-bond donors (Lipinski definition) is 2. The zero-order valence-corrected chi connectivity index (χ0v) is 14.8. The van der Waals surface area contributed by atoms with E-state index < -0.39 is 10.8 Å². The van der Waals surface area contributed by atoms with Crippen LogP contribution in [0.25, 0.3) is 0 Å². The average Bonchev–Trinajstić information content (AvgIpc) is 2.64. The number of amides is 1. The van der Waals surface area contributed by atoms with Crippen molar-refractivity contribution in [1.29, 1.82) is 0 Å². The average molecular weight is 373 g/mol. The maximum absolute atomic E-state index is 12.1. The van der Waals surface area contributed by atoms with Crippen LogP contribution in [-0.2, 0) is 0 Å². The molecule has 0 aliphatic rings. The van der Waals surface area contributed by atoms with Gasteiger partial charge in [-0.25, -0.2) is 5.43 Å². The first-order chi connectivity index (χ1) is 13.0. The minimum Gasteiger partial charge on any atom is -0.507 e. The summed E-state index contributed by atoms with van der Waals surface area (Å²) in [5.74, 6) is -0.00979. The Bertz CT molecular complexity index is 866. The van der Waals surface area contributed by atoms with Crippen molar-refractivity contribution in [2.24, 2.45) is 5.10 Å². The van der Waals surface area contributed by atoms with Crippen LogP contribution in [0.4, 0.5) is 5.69 Å². The molecule has 0 atom stereocenters. The van der Waals surface area contributed by atoms with Crippen LogP contribution in [-0.4, -0.2) is 35.4 Å². The Morgan fingerprint density at radius 1 is 1.19 bits per heavy atom. The third kappa shape index (κ3) is 5.18. The Labute approximate surface area is 155 Å². The number of aromatic hydroxyl groups is 1. The zero-order chi connectivity index (χ0) is 19.8. The number of nitrogens with one attached hydrogen (secondary N) is 1. The van der Waals surface area contributed by atoms with E-state index in [1.165, 1.54) is 6.21 Å². The van der Waals surface area contributed by atoms with Gasteiger partial charge in [-0.3, -0.25) is 14.9 Å². The highest BCUT2D eigenvalue weighted by Gasteiger charge is 2.16. The summed E-state index contributed by atoms with van der Waals surface area (Å²) < 4.78 is 11.0. The molecule has 2 aromatic rings. The van der Waals surface area contributed by atoms with Crippen LogP contribution in [0.2, 0.25) is 0 Å². The molecule has 0 unspecified atom stereocenters. The van der Waals surface area contributed by atoms with Gasteiger partial charge < -0.3 is 14.6 Å². The molecule has 0 saturated carbocycles. The summed E-state index contributed by atoms with van der Waals surface area (Å²) in [4.78, 5) is 22.2. The van der Waals surface area contributed by atoms with E-state index in [4.69, 9.17) is 9.47 Å². The van der Waals surface area contributed by atoms with Gasteiger partial charge in [-0.1, -0.05) is 0 Å². The SMILES string of the molecule is CCOc1ccc(/C=N/NC(=O)c2cc([N+](=O)[O-])ccc2O)cc1OCC. The number of nitro benzene ring substituents is 1. The van der Waals surface area contributed by atoms with Crippen LogP contribution in [0.5, 0.6) is 17.2 Å². The van der Waals surface area contributed by atoms with Gasteiger partial charge in [0, 0.05) is 12.1 Å². The third-order valence-electron chi connectivity index (χ3n) is 3.38. The summed E-state index contributed by atoms with van der Waals surface area (Å²) in [5, 5.41) is 24.3. The summed E-state index contributed by atoms with van der Waals surface area (Å²) in [6, 6.07) is 8.32. The topological polar surface area (TPSA) is 123 Å². The summed E-state index contributed by atoms with van der Waals surface area (Å²) in [6.07, 6.45) is 1.38. The Morgan fingerprint density at radius 3 is 2.56 bits per heavy atom. The Kier molecular flexibility index (Phi) is 6.70. The van der Waals surface area contributed by atoms with Crippen molar-refractivity contribution < 1.29 is 24.3 Å². The number of non-ortho nitro benzene ring substituents is 1. The fourth-order valence-electron chi connectivity index (χ4n) is 2.19. The predicted octanol–water partition coefficient (Wildman–Crippen LogP) is 2.86. The first-order valence-electron chi connectivity index (χ1n) is 8.16. The number of hydrazone groups is 1. The maximum Gasteiger partial charge on any atom is 0.275 e. The number of carbonyl (C=O) groups is 1. The second kappa shape index (κ2) is 9.18. The molecule has 9 heteroatoms. The molecule has 2 N–H and O–H groups in total. The third-order valence-corrected chi connectivity index (χ3v) is 3.38. The van der Waals surface area contributed by atoms with E-state index >= 15 is 0 Å². The molecule has 0 saturated heterocycles. The number of nitrogens with zero attached hydrogens (tertiary/aromatic N) is 2. The highest BCUT2D eigenvalue weighted by Crippen LogP contribution is 2.28. The number of phenols is 1. The molecule has 0 aromatic heterocycles. The van der Waals surface area contributed by atoms with Gasteiger partial charge in [0.05, 0.1) is 29.9 Å². The van der Waals surface area contributed by atoms with E-state index in [1.54, 1.807) is 18.2 Å². The minimum absolute atomic E-state index is 0.247. The lowest BCUT2D eigenvalue weighted by atomic mass is 10.1. The number of ether oxygens (including phenoxy) is 2. The van der Waals surface area contributed by atoms with Crippen molar-refractivity contribution in [1.82, 2.24) is 5.43 Å². The lowest BCUT2D eigenvalue weighted by molar-refractivity contribution is -0.384. The number of carbonyl (C=O) groups excluding carboxylic acids is 1. The lowest BCUT2D eigenvalue weighted by Gasteiger charge is -2.11. The van der Waals surface area contributed by atoms with Crippen LogP contribution in [0.1, 0.15) is 29.8 Å². The second-order valence-corrected chi connectivity index (χ2v) is 5.23. The van der Waals surface area contributed by atoms with Gasteiger partial charge in [0.2, 0.25) is 0 Å². The van der Waals surface area contributed by atoms with Crippen LogP contribution in [0.15, 0.2) is 41.5 Å². The first-order valence-corrected chi connectivity index (χ1v) is 8.16. The monoisotopic (exact) mass is 373 g/mol. The van der Waals surface area contributed by atoms with E-state index in [1.807, 2.05) is 13.8 Å². The van der Waals surface area contributed by atoms with Crippen LogP contribution >= 0.6 is 0 Å². The molecular weight excluding hydrogens is 354 g/mol. The molecule has 142 valence electrons. The summed E-state index contributed by atoms with van der Waals surface area (Å²) in [5.41, 5.74) is 2.31. The molecule has 0 aliphatic carbocycles. The summed E-state index contributed by atoms with van der Waals surface area (Å²) >= 11 is 0. The van der Waals surface area contributed by atoms with Crippen molar-refractivity contribution in [3.8, 4) is 17.2 Å². The van der Waals surface area contributed by atoms with Gasteiger partial charge in [-0.15, -0.1) is 0 Å². The summed E-state index contributed by atoms with van der Waals surface area (Å²) in [6.45, 7) is 4.67. The lowest BCUT2D eigenvalue weighted by Crippen LogP contribution is -2.18. The highest BCUT2D eigenvalue weighted by atomic mass is 16.6. The van der Waals surface area contributed by atoms with Gasteiger partial charge in [0.25, 0.3) is 11.6 Å². The zero-order valence-electron chi connectivity index (χ0n) is 14.8. The minimum atomic E-state index is -0.775. The summed E-state index contributed by atoms with van der Waals surface area (Å²) in [7, 11) is 0. The number of benzene rings is 2. The fourth-order valence-corrected chi connectivity index (χ4v) is 2.19. The molecule has 0 spiro atoms. The number of nitro groups is 1. The molecule has 0 fully saturated rings. The molecular formula is C18H19N3O6. The van der Waals surface area contributed by atoms with E-state index in [0.717, 1.165) is 18.2 Å². The number of phenolic OH excluding ortho intramolecular Hbond substituents is 1. The van der Waals surface area contributed by atoms with E-state index in [0.29, 0.717) is 30.3 Å². The van der Waals surface area contributed by atoms with Gasteiger partial charge in [0.1, 0.15) is 5.75 Å². The second-order valence-electron chi connectivity index (χ2n) is 5.23. The predicted molar refractivity (Wildman–Crippen MR) is 98.6 cm³/mol. The number of rotatable bonds is 8. The Hall–Kier alpha value is -3.62. The Morgan fingerprint density at radius 2 is 1.89 bits per heavy atom. The van der Waals surface area contributed by atoms with Crippen molar-refractivity contribution >= 4 is 17.8 Å². The molecule has 0 radical (unpaired) electrons. The van der Waals surface area contributed by atoms with E-state index in [9.17, 15) is 20.0 Å². The molecule has 0 bridgehead atoms. The van der Waals surface area contributed by atoms with Gasteiger partial charge in [-0.05, 0) is 43.7 Å². The largest absolute Gasteiger partial charge is 0.507 e. The molecule has 2 aromatic carbocycles. The van der Waals surface area contributed by atoms with Crippen molar-refractivity contribution in [3.63, 3.8) is 0 Å². The van der Waals surface area contributed by atoms with Crippen molar-refractivity contribution in [2.75, 3.05) is 13.2 Å². The smallest absolute Gasteiger partial charge is 0.275 e. The van der Waals surface area contributed by atoms with E-state index in [-0.39, 0.29) is 17.0 Å². The van der Waals surface area contributed by atoms with Crippen LogP contribution in [0.3, 0.4) is 0 Å². The maximum atomic E-state index is 12.1. The molecule has 0 heterocycles.